The molecule has 0 aliphatic rings. The zero-order valence-corrected chi connectivity index (χ0v) is 19.0. The van der Waals surface area contributed by atoms with E-state index < -0.39 is 0 Å². The first kappa shape index (κ1) is 22.4. The predicted octanol–water partition coefficient (Wildman–Crippen LogP) is 6.27. The largest absolute Gasteiger partial charge is 0.381 e. The monoisotopic (exact) mass is 415 g/mol. The molecule has 0 atom stereocenters. The van der Waals surface area contributed by atoms with E-state index in [4.69, 9.17) is 0 Å². The van der Waals surface area contributed by atoms with E-state index in [0.717, 1.165) is 42.0 Å². The number of carbonyl (C=O) groups excluding carboxylic acids is 1. The third-order valence-electron chi connectivity index (χ3n) is 5.66. The minimum absolute atomic E-state index is 0.0884. The van der Waals surface area contributed by atoms with Crippen LogP contribution >= 0.6 is 0 Å². The molecule has 0 aromatic heterocycles. The quantitative estimate of drug-likeness (QED) is 0.433. The Morgan fingerprint density at radius 1 is 0.871 bits per heavy atom. The van der Waals surface area contributed by atoms with E-state index in [0.29, 0.717) is 12.1 Å². The van der Waals surface area contributed by atoms with Gasteiger partial charge in [0.25, 0.3) is 5.91 Å². The fourth-order valence-electron chi connectivity index (χ4n) is 3.79. The first-order valence-corrected chi connectivity index (χ1v) is 11.1. The van der Waals surface area contributed by atoms with Gasteiger partial charge in [0, 0.05) is 42.3 Å². The van der Waals surface area contributed by atoms with Gasteiger partial charge in [-0.05, 0) is 80.3 Å². The maximum Gasteiger partial charge on any atom is 0.255 e. The molecule has 0 aliphatic heterocycles. The van der Waals surface area contributed by atoms with Crippen LogP contribution in [0.4, 0.5) is 17.1 Å². The minimum Gasteiger partial charge on any atom is -0.381 e. The van der Waals surface area contributed by atoms with Gasteiger partial charge in [0.1, 0.15) is 0 Å². The van der Waals surface area contributed by atoms with Gasteiger partial charge in [0.15, 0.2) is 0 Å². The molecule has 3 rings (SSSR count). The van der Waals surface area contributed by atoms with Gasteiger partial charge < -0.3 is 15.5 Å². The number of carbonyl (C=O) groups is 1. The van der Waals surface area contributed by atoms with E-state index in [2.05, 4.69) is 66.6 Å². The standard InChI is InChI=1S/C27H33N3O/c1-5-22-12-8-9-14-26(22)28-19-21-11-10-13-23(18-21)27(31)29-25-16-15-24(17-20(25)4)30(6-2)7-3/h8-18,28H,5-7,19H2,1-4H3,(H,29,31). The molecule has 0 radical (unpaired) electrons. The number of amides is 1. The molecule has 0 unspecified atom stereocenters. The molecule has 3 aromatic rings. The van der Waals surface area contributed by atoms with Gasteiger partial charge in [-0.2, -0.15) is 0 Å². The zero-order valence-electron chi connectivity index (χ0n) is 19.0. The van der Waals surface area contributed by atoms with E-state index in [9.17, 15) is 4.79 Å². The molecule has 0 heterocycles. The lowest BCUT2D eigenvalue weighted by Gasteiger charge is -2.22. The molecule has 1 amide bonds. The van der Waals surface area contributed by atoms with Gasteiger partial charge >= 0.3 is 0 Å². The van der Waals surface area contributed by atoms with Crippen molar-refractivity contribution < 1.29 is 4.79 Å². The average molecular weight is 416 g/mol. The fraction of sp³-hybridized carbons (Fsp3) is 0.296. The summed E-state index contributed by atoms with van der Waals surface area (Å²) in [4.78, 5) is 15.2. The summed E-state index contributed by atoms with van der Waals surface area (Å²) in [6.45, 7) is 11.1. The first-order chi connectivity index (χ1) is 15.0. The molecule has 0 spiro atoms. The van der Waals surface area contributed by atoms with Gasteiger partial charge in [0.2, 0.25) is 0 Å². The van der Waals surface area contributed by atoms with Crippen molar-refractivity contribution in [1.82, 2.24) is 0 Å². The summed E-state index contributed by atoms with van der Waals surface area (Å²) >= 11 is 0. The van der Waals surface area contributed by atoms with Crippen LogP contribution in [-0.4, -0.2) is 19.0 Å². The third-order valence-corrected chi connectivity index (χ3v) is 5.66. The van der Waals surface area contributed by atoms with Crippen LogP contribution in [0.3, 0.4) is 0 Å². The summed E-state index contributed by atoms with van der Waals surface area (Å²) < 4.78 is 0. The molecule has 2 N–H and O–H groups in total. The summed E-state index contributed by atoms with van der Waals surface area (Å²) in [7, 11) is 0. The zero-order chi connectivity index (χ0) is 22.2. The van der Waals surface area contributed by atoms with Crippen molar-refractivity contribution in [1.29, 1.82) is 0 Å². The number of nitrogens with zero attached hydrogens (tertiary/aromatic N) is 1. The Labute approximate surface area is 186 Å². The highest BCUT2D eigenvalue weighted by molar-refractivity contribution is 6.04. The van der Waals surface area contributed by atoms with E-state index >= 15 is 0 Å². The molecule has 3 aromatic carbocycles. The lowest BCUT2D eigenvalue weighted by atomic mass is 10.1. The molecule has 4 heteroatoms. The number of rotatable bonds is 9. The third kappa shape index (κ3) is 5.66. The van der Waals surface area contributed by atoms with Crippen LogP contribution in [0, 0.1) is 6.92 Å². The molecule has 4 nitrogen and oxygen atoms in total. The van der Waals surface area contributed by atoms with Crippen molar-refractivity contribution in [2.45, 2.75) is 40.7 Å². The number of nitrogens with one attached hydrogen (secondary N) is 2. The maximum atomic E-state index is 12.9. The Balaban J connectivity index is 1.69. The number of anilines is 3. The summed E-state index contributed by atoms with van der Waals surface area (Å²) in [6, 6.07) is 22.3. The molecule has 162 valence electrons. The highest BCUT2D eigenvalue weighted by Crippen LogP contribution is 2.23. The average Bonchev–Trinajstić information content (AvgIpc) is 2.80. The second-order valence-corrected chi connectivity index (χ2v) is 7.69. The lowest BCUT2D eigenvalue weighted by Crippen LogP contribution is -2.22. The highest BCUT2D eigenvalue weighted by atomic mass is 16.1. The molecule has 0 aliphatic carbocycles. The van der Waals surface area contributed by atoms with Gasteiger partial charge in [-0.15, -0.1) is 0 Å². The van der Waals surface area contributed by atoms with Crippen LogP contribution < -0.4 is 15.5 Å². The van der Waals surface area contributed by atoms with Gasteiger partial charge in [-0.25, -0.2) is 0 Å². The number of aryl methyl sites for hydroxylation is 2. The van der Waals surface area contributed by atoms with Crippen molar-refractivity contribution in [3.63, 3.8) is 0 Å². The second kappa shape index (κ2) is 10.7. The summed E-state index contributed by atoms with van der Waals surface area (Å²) in [5, 5.41) is 6.57. The minimum atomic E-state index is -0.0884. The predicted molar refractivity (Wildman–Crippen MR) is 132 cm³/mol. The number of benzene rings is 3. The fourth-order valence-corrected chi connectivity index (χ4v) is 3.79. The van der Waals surface area contributed by atoms with Crippen LogP contribution in [0.5, 0.6) is 0 Å². The highest BCUT2D eigenvalue weighted by Gasteiger charge is 2.10. The van der Waals surface area contributed by atoms with Crippen molar-refractivity contribution in [3.8, 4) is 0 Å². The van der Waals surface area contributed by atoms with E-state index in [1.807, 2.05) is 43.3 Å². The van der Waals surface area contributed by atoms with Crippen molar-refractivity contribution in [3.05, 3.63) is 89.0 Å². The first-order valence-electron chi connectivity index (χ1n) is 11.1. The Hall–Kier alpha value is -3.27. The summed E-state index contributed by atoms with van der Waals surface area (Å²) in [5.74, 6) is -0.0884. The number of hydrogen-bond acceptors (Lipinski definition) is 3. The summed E-state index contributed by atoms with van der Waals surface area (Å²) in [6.07, 6.45) is 0.984. The van der Waals surface area contributed by atoms with Gasteiger partial charge in [-0.1, -0.05) is 37.3 Å². The Bertz CT molecular complexity index is 1020. The number of para-hydroxylation sites is 1. The molecular weight excluding hydrogens is 382 g/mol. The van der Waals surface area contributed by atoms with E-state index in [-0.39, 0.29) is 5.91 Å². The molecule has 0 saturated heterocycles. The van der Waals surface area contributed by atoms with E-state index in [1.165, 1.54) is 11.3 Å². The van der Waals surface area contributed by atoms with Crippen LogP contribution in [0.15, 0.2) is 66.7 Å². The second-order valence-electron chi connectivity index (χ2n) is 7.69. The number of hydrogen-bond donors (Lipinski definition) is 2. The van der Waals surface area contributed by atoms with Crippen LogP contribution in [-0.2, 0) is 13.0 Å². The van der Waals surface area contributed by atoms with Crippen LogP contribution in [0.1, 0.15) is 47.8 Å². The van der Waals surface area contributed by atoms with Crippen molar-refractivity contribution in [2.24, 2.45) is 0 Å². The molecule has 0 bridgehead atoms. The topological polar surface area (TPSA) is 44.4 Å². The van der Waals surface area contributed by atoms with Crippen LogP contribution in [0.25, 0.3) is 0 Å². The molecule has 31 heavy (non-hydrogen) atoms. The van der Waals surface area contributed by atoms with Crippen molar-refractivity contribution >= 4 is 23.0 Å². The van der Waals surface area contributed by atoms with E-state index in [1.54, 1.807) is 0 Å². The van der Waals surface area contributed by atoms with Crippen molar-refractivity contribution in [2.75, 3.05) is 28.6 Å². The maximum absolute atomic E-state index is 12.9. The Morgan fingerprint density at radius 2 is 1.65 bits per heavy atom. The molecule has 0 fully saturated rings. The Morgan fingerprint density at radius 3 is 2.35 bits per heavy atom. The lowest BCUT2D eigenvalue weighted by molar-refractivity contribution is 0.102. The smallest absolute Gasteiger partial charge is 0.255 e. The molecular formula is C27H33N3O. The van der Waals surface area contributed by atoms with Gasteiger partial charge in [0.05, 0.1) is 0 Å². The van der Waals surface area contributed by atoms with Crippen LogP contribution in [0.2, 0.25) is 0 Å². The Kier molecular flexibility index (Phi) is 7.71. The summed E-state index contributed by atoms with van der Waals surface area (Å²) in [5.41, 5.74) is 7.26. The SMILES string of the molecule is CCc1ccccc1NCc1cccc(C(=O)Nc2ccc(N(CC)CC)cc2C)c1. The normalized spacial score (nSPS) is 10.6. The molecule has 0 saturated carbocycles. The van der Waals surface area contributed by atoms with Gasteiger partial charge in [-0.3, -0.25) is 4.79 Å².